The summed E-state index contributed by atoms with van der Waals surface area (Å²) in [4.78, 5) is 11.5. The van der Waals surface area contributed by atoms with Crippen molar-refractivity contribution >= 4 is 16.7 Å². The number of H-pyrrole nitrogens is 1. The van der Waals surface area contributed by atoms with Gasteiger partial charge in [-0.2, -0.15) is 5.10 Å². The van der Waals surface area contributed by atoms with Gasteiger partial charge in [0.2, 0.25) is 0 Å². The number of ketones is 1. The molecule has 3 aromatic rings. The van der Waals surface area contributed by atoms with Crippen LogP contribution in [0, 0.1) is 11.6 Å². The molecule has 1 heterocycles. The molecule has 0 bridgehead atoms. The van der Waals surface area contributed by atoms with Crippen molar-refractivity contribution in [1.82, 2.24) is 10.2 Å². The third-order valence-corrected chi connectivity index (χ3v) is 3.28. The molecule has 0 saturated heterocycles. The molecule has 0 aliphatic rings. The first kappa shape index (κ1) is 14.2. The van der Waals surface area contributed by atoms with Crippen LogP contribution in [0.25, 0.3) is 10.9 Å². The van der Waals surface area contributed by atoms with Crippen LogP contribution in [0.4, 0.5) is 8.78 Å². The van der Waals surface area contributed by atoms with E-state index in [1.807, 2.05) is 18.2 Å². The fourth-order valence-corrected chi connectivity index (χ4v) is 2.20. The third kappa shape index (κ3) is 2.67. The quantitative estimate of drug-likeness (QED) is 0.749. The van der Waals surface area contributed by atoms with Gasteiger partial charge in [-0.05, 0) is 24.6 Å². The summed E-state index contributed by atoms with van der Waals surface area (Å²) in [5.41, 5.74) is 1.49. The van der Waals surface area contributed by atoms with E-state index in [1.54, 1.807) is 6.20 Å². The number of aromatic amines is 1. The van der Waals surface area contributed by atoms with Gasteiger partial charge in [-0.15, -0.1) is 0 Å². The molecular formula is C16H12F2N2O2. The molecule has 0 saturated carbocycles. The lowest BCUT2D eigenvalue weighted by molar-refractivity contribution is 0.101. The summed E-state index contributed by atoms with van der Waals surface area (Å²) in [5, 5.41) is 7.68. The maximum atomic E-state index is 13.8. The van der Waals surface area contributed by atoms with Crippen LogP contribution in [0.1, 0.15) is 22.8 Å². The average Bonchev–Trinajstić information content (AvgIpc) is 2.93. The van der Waals surface area contributed by atoms with Crippen LogP contribution in [0.5, 0.6) is 5.75 Å². The Labute approximate surface area is 124 Å². The Balaban J connectivity index is 1.88. The number of nitrogens with one attached hydrogen (secondary N) is 1. The Morgan fingerprint density at radius 2 is 2.09 bits per heavy atom. The first-order valence-corrected chi connectivity index (χ1v) is 6.59. The second-order valence-electron chi connectivity index (χ2n) is 4.90. The summed E-state index contributed by atoms with van der Waals surface area (Å²) in [5.74, 6) is -2.40. The van der Waals surface area contributed by atoms with Gasteiger partial charge in [0.1, 0.15) is 12.4 Å². The molecule has 3 rings (SSSR count). The Morgan fingerprint density at radius 3 is 2.86 bits per heavy atom. The van der Waals surface area contributed by atoms with Gasteiger partial charge >= 0.3 is 0 Å². The van der Waals surface area contributed by atoms with E-state index in [1.165, 1.54) is 6.92 Å². The summed E-state index contributed by atoms with van der Waals surface area (Å²) in [7, 11) is 0. The van der Waals surface area contributed by atoms with Crippen LogP contribution >= 0.6 is 0 Å². The second kappa shape index (κ2) is 5.55. The van der Waals surface area contributed by atoms with Crippen LogP contribution in [0.3, 0.4) is 0 Å². The van der Waals surface area contributed by atoms with E-state index in [4.69, 9.17) is 4.74 Å². The van der Waals surface area contributed by atoms with Crippen LogP contribution < -0.4 is 4.74 Å². The van der Waals surface area contributed by atoms with Gasteiger partial charge in [-0.3, -0.25) is 9.89 Å². The van der Waals surface area contributed by atoms with E-state index in [9.17, 15) is 13.6 Å². The zero-order valence-electron chi connectivity index (χ0n) is 11.7. The lowest BCUT2D eigenvalue weighted by atomic mass is 10.1. The standard InChI is InChI=1S/C16H12F2N2O2/c1-9(21)13-5-12(17)6-14(18)16(13)22-8-10-2-3-11-7-19-20-15(11)4-10/h2-7H,8H2,1H3,(H,19,20). The number of benzene rings is 2. The molecule has 22 heavy (non-hydrogen) atoms. The third-order valence-electron chi connectivity index (χ3n) is 3.28. The molecule has 0 atom stereocenters. The number of aromatic nitrogens is 2. The average molecular weight is 302 g/mol. The molecule has 0 aliphatic heterocycles. The summed E-state index contributed by atoms with van der Waals surface area (Å²) >= 11 is 0. The number of halogens is 2. The van der Waals surface area contributed by atoms with Gasteiger partial charge in [-0.1, -0.05) is 12.1 Å². The SMILES string of the molecule is CC(=O)c1cc(F)cc(F)c1OCc1ccc2cn[nH]c2c1. The van der Waals surface area contributed by atoms with Crippen molar-refractivity contribution < 1.29 is 18.3 Å². The number of fused-ring (bicyclic) bond motifs is 1. The topological polar surface area (TPSA) is 55.0 Å². The number of ether oxygens (including phenoxy) is 1. The maximum absolute atomic E-state index is 13.8. The van der Waals surface area contributed by atoms with Gasteiger partial charge in [0, 0.05) is 11.5 Å². The number of carbonyl (C=O) groups is 1. The fraction of sp³-hybridized carbons (Fsp3) is 0.125. The molecule has 1 N–H and O–H groups in total. The van der Waals surface area contributed by atoms with Crippen LogP contribution in [-0.4, -0.2) is 16.0 Å². The number of carbonyl (C=O) groups excluding carboxylic acids is 1. The van der Waals surface area contributed by atoms with Crippen LogP contribution in [0.2, 0.25) is 0 Å². The predicted molar refractivity (Wildman–Crippen MR) is 76.8 cm³/mol. The van der Waals surface area contributed by atoms with E-state index in [2.05, 4.69) is 10.2 Å². The number of hydrogen-bond donors (Lipinski definition) is 1. The largest absolute Gasteiger partial charge is 0.485 e. The van der Waals surface area contributed by atoms with Crippen LogP contribution in [-0.2, 0) is 6.61 Å². The van der Waals surface area contributed by atoms with Crippen molar-refractivity contribution in [3.63, 3.8) is 0 Å². The molecule has 2 aromatic carbocycles. The Hall–Kier alpha value is -2.76. The van der Waals surface area contributed by atoms with Crippen molar-refractivity contribution in [3.8, 4) is 5.75 Å². The lowest BCUT2D eigenvalue weighted by Crippen LogP contribution is -2.05. The summed E-state index contributed by atoms with van der Waals surface area (Å²) in [6.45, 7) is 1.29. The van der Waals surface area contributed by atoms with Crippen molar-refractivity contribution in [2.45, 2.75) is 13.5 Å². The molecule has 0 aliphatic carbocycles. The summed E-state index contributed by atoms with van der Waals surface area (Å²) in [6.07, 6.45) is 1.69. The fourth-order valence-electron chi connectivity index (χ4n) is 2.20. The first-order valence-electron chi connectivity index (χ1n) is 6.59. The van der Waals surface area contributed by atoms with Gasteiger partial charge in [0.25, 0.3) is 0 Å². The van der Waals surface area contributed by atoms with Crippen molar-refractivity contribution in [1.29, 1.82) is 0 Å². The minimum Gasteiger partial charge on any atom is -0.485 e. The van der Waals surface area contributed by atoms with E-state index >= 15 is 0 Å². The van der Waals surface area contributed by atoms with E-state index in [0.717, 1.165) is 22.5 Å². The normalized spacial score (nSPS) is 10.9. The minimum atomic E-state index is -0.896. The van der Waals surface area contributed by atoms with Crippen LogP contribution in [0.15, 0.2) is 36.5 Å². The summed E-state index contributed by atoms with van der Waals surface area (Å²) in [6, 6.07) is 7.15. The molecule has 112 valence electrons. The molecule has 1 aromatic heterocycles. The highest BCUT2D eigenvalue weighted by Gasteiger charge is 2.16. The lowest BCUT2D eigenvalue weighted by Gasteiger charge is -2.11. The van der Waals surface area contributed by atoms with Crippen molar-refractivity contribution in [3.05, 3.63) is 59.3 Å². The predicted octanol–water partition coefficient (Wildman–Crippen LogP) is 3.62. The molecule has 0 unspecified atom stereocenters. The number of rotatable bonds is 4. The molecule has 0 amide bonds. The van der Waals surface area contributed by atoms with E-state index < -0.39 is 17.4 Å². The maximum Gasteiger partial charge on any atom is 0.168 e. The molecule has 0 fully saturated rings. The number of nitrogens with zero attached hydrogens (tertiary/aromatic N) is 1. The van der Waals surface area contributed by atoms with Crippen molar-refractivity contribution in [2.24, 2.45) is 0 Å². The Bertz CT molecular complexity index is 858. The Kier molecular flexibility index (Phi) is 3.58. The molecular weight excluding hydrogens is 290 g/mol. The Morgan fingerprint density at radius 1 is 1.27 bits per heavy atom. The van der Waals surface area contributed by atoms with Crippen molar-refractivity contribution in [2.75, 3.05) is 0 Å². The van der Waals surface area contributed by atoms with Gasteiger partial charge < -0.3 is 4.74 Å². The monoisotopic (exact) mass is 302 g/mol. The number of Topliss-reactive ketones (excluding diaryl/α,β-unsaturated/α-hetero) is 1. The first-order chi connectivity index (χ1) is 10.5. The highest BCUT2D eigenvalue weighted by Crippen LogP contribution is 2.26. The van der Waals surface area contributed by atoms with E-state index in [-0.39, 0.29) is 17.9 Å². The molecule has 0 radical (unpaired) electrons. The molecule has 4 nitrogen and oxygen atoms in total. The van der Waals surface area contributed by atoms with Gasteiger partial charge in [0.05, 0.1) is 17.3 Å². The van der Waals surface area contributed by atoms with Gasteiger partial charge in [-0.25, -0.2) is 8.78 Å². The highest BCUT2D eigenvalue weighted by molar-refractivity contribution is 5.96. The molecule has 0 spiro atoms. The number of hydrogen-bond acceptors (Lipinski definition) is 3. The second-order valence-corrected chi connectivity index (χ2v) is 4.90. The summed E-state index contributed by atoms with van der Waals surface area (Å²) < 4.78 is 32.5. The highest BCUT2D eigenvalue weighted by atomic mass is 19.1. The van der Waals surface area contributed by atoms with Gasteiger partial charge in [0.15, 0.2) is 17.3 Å². The zero-order valence-corrected chi connectivity index (χ0v) is 11.7. The molecule has 6 heteroatoms. The minimum absolute atomic E-state index is 0.0534. The smallest absolute Gasteiger partial charge is 0.168 e. The van der Waals surface area contributed by atoms with E-state index in [0.29, 0.717) is 6.07 Å². The zero-order chi connectivity index (χ0) is 15.7.